The van der Waals surface area contributed by atoms with Gasteiger partial charge in [-0.05, 0) is 5.92 Å². The first-order valence-corrected chi connectivity index (χ1v) is 6.88. The third-order valence-electron chi connectivity index (χ3n) is 1.76. The smallest absolute Gasteiger partial charge is 0.317 e. The first-order chi connectivity index (χ1) is 6.70. The average molecular weight is 237 g/mol. The van der Waals surface area contributed by atoms with Gasteiger partial charge in [0.05, 0.1) is 12.3 Å². The Morgan fingerprint density at radius 3 is 2.27 bits per heavy atom. The van der Waals surface area contributed by atoms with Crippen LogP contribution >= 0.6 is 0 Å². The standard InChI is InChI=1S/C9H19NO4S/c1-8(2)6-10(7-9(11)12)4-5-15(3,13)14/h8H,4-7H2,1-3H3,(H,11,12). The van der Waals surface area contributed by atoms with Gasteiger partial charge in [-0.2, -0.15) is 0 Å². The predicted molar refractivity (Wildman–Crippen MR) is 58.6 cm³/mol. The van der Waals surface area contributed by atoms with E-state index in [1.807, 2.05) is 13.8 Å². The Morgan fingerprint density at radius 1 is 1.40 bits per heavy atom. The first kappa shape index (κ1) is 14.4. The van der Waals surface area contributed by atoms with Crippen molar-refractivity contribution in [3.05, 3.63) is 0 Å². The molecule has 90 valence electrons. The maximum Gasteiger partial charge on any atom is 0.317 e. The van der Waals surface area contributed by atoms with Gasteiger partial charge in [0.15, 0.2) is 0 Å². The molecule has 0 bridgehead atoms. The van der Waals surface area contributed by atoms with E-state index in [2.05, 4.69) is 0 Å². The lowest BCUT2D eigenvalue weighted by atomic mass is 10.2. The number of carboxylic acid groups (broad SMARTS) is 1. The predicted octanol–water partition coefficient (Wildman–Crippen LogP) is 0.0736. The highest BCUT2D eigenvalue weighted by atomic mass is 32.2. The van der Waals surface area contributed by atoms with Crippen LogP contribution in [0.1, 0.15) is 13.8 Å². The van der Waals surface area contributed by atoms with E-state index in [0.29, 0.717) is 12.5 Å². The topological polar surface area (TPSA) is 74.7 Å². The summed E-state index contributed by atoms with van der Waals surface area (Å²) in [6.07, 6.45) is 1.15. The summed E-state index contributed by atoms with van der Waals surface area (Å²) >= 11 is 0. The van der Waals surface area contributed by atoms with E-state index in [0.717, 1.165) is 6.26 Å². The molecule has 0 aromatic carbocycles. The van der Waals surface area contributed by atoms with Crippen molar-refractivity contribution in [2.45, 2.75) is 13.8 Å². The first-order valence-electron chi connectivity index (χ1n) is 4.82. The molecule has 0 aromatic heterocycles. The van der Waals surface area contributed by atoms with Gasteiger partial charge in [-0.25, -0.2) is 8.42 Å². The molecule has 0 saturated heterocycles. The van der Waals surface area contributed by atoms with Gasteiger partial charge in [-0.1, -0.05) is 13.8 Å². The van der Waals surface area contributed by atoms with Gasteiger partial charge in [0.1, 0.15) is 9.84 Å². The van der Waals surface area contributed by atoms with E-state index >= 15 is 0 Å². The summed E-state index contributed by atoms with van der Waals surface area (Å²) in [6, 6.07) is 0. The Morgan fingerprint density at radius 2 is 1.93 bits per heavy atom. The molecule has 6 heteroatoms. The van der Waals surface area contributed by atoms with Crippen molar-refractivity contribution in [3.8, 4) is 0 Å². The SMILES string of the molecule is CC(C)CN(CCS(C)(=O)=O)CC(=O)O. The lowest BCUT2D eigenvalue weighted by molar-refractivity contribution is -0.138. The maximum atomic E-state index is 10.9. The summed E-state index contributed by atoms with van der Waals surface area (Å²) in [5.41, 5.74) is 0. The molecule has 0 amide bonds. The summed E-state index contributed by atoms with van der Waals surface area (Å²) in [5.74, 6) is -0.597. The number of carbonyl (C=O) groups is 1. The lowest BCUT2D eigenvalue weighted by Crippen LogP contribution is -2.36. The van der Waals surface area contributed by atoms with Gasteiger partial charge in [-0.3, -0.25) is 9.69 Å². The summed E-state index contributed by atoms with van der Waals surface area (Å²) < 4.78 is 21.9. The number of aliphatic carboxylic acids is 1. The summed E-state index contributed by atoms with van der Waals surface area (Å²) in [7, 11) is -3.03. The Labute approximate surface area is 91.0 Å². The van der Waals surface area contributed by atoms with Crippen molar-refractivity contribution in [1.82, 2.24) is 4.90 Å². The molecule has 15 heavy (non-hydrogen) atoms. The zero-order valence-corrected chi connectivity index (χ0v) is 10.2. The van der Waals surface area contributed by atoms with Crippen molar-refractivity contribution in [1.29, 1.82) is 0 Å². The van der Waals surface area contributed by atoms with Crippen LogP contribution in [0, 0.1) is 5.92 Å². The minimum atomic E-state index is -3.03. The van der Waals surface area contributed by atoms with Crippen LogP contribution in [0.15, 0.2) is 0 Å². The van der Waals surface area contributed by atoms with E-state index in [1.165, 1.54) is 0 Å². The van der Waals surface area contributed by atoms with Crippen molar-refractivity contribution < 1.29 is 18.3 Å². The normalized spacial score (nSPS) is 12.3. The number of nitrogens with zero attached hydrogens (tertiary/aromatic N) is 1. The number of hydrogen-bond donors (Lipinski definition) is 1. The van der Waals surface area contributed by atoms with Crippen molar-refractivity contribution in [2.24, 2.45) is 5.92 Å². The minimum Gasteiger partial charge on any atom is -0.480 e. The fourth-order valence-corrected chi connectivity index (χ4v) is 1.83. The fraction of sp³-hybridized carbons (Fsp3) is 0.889. The van der Waals surface area contributed by atoms with Gasteiger partial charge in [0.25, 0.3) is 0 Å². The quantitative estimate of drug-likeness (QED) is 0.678. The molecule has 5 nitrogen and oxygen atoms in total. The third kappa shape index (κ3) is 9.68. The Bertz CT molecular complexity index is 297. The van der Waals surface area contributed by atoms with Gasteiger partial charge in [0, 0.05) is 19.3 Å². The van der Waals surface area contributed by atoms with E-state index in [1.54, 1.807) is 4.90 Å². The van der Waals surface area contributed by atoms with E-state index in [4.69, 9.17) is 5.11 Å². The lowest BCUT2D eigenvalue weighted by Gasteiger charge is -2.21. The van der Waals surface area contributed by atoms with Crippen molar-refractivity contribution >= 4 is 15.8 Å². The second-order valence-corrected chi connectivity index (χ2v) is 6.41. The highest BCUT2D eigenvalue weighted by Gasteiger charge is 2.13. The molecule has 0 atom stereocenters. The van der Waals surface area contributed by atoms with E-state index in [-0.39, 0.29) is 18.8 Å². The van der Waals surface area contributed by atoms with Crippen molar-refractivity contribution in [3.63, 3.8) is 0 Å². The second kappa shape index (κ2) is 6.07. The summed E-state index contributed by atoms with van der Waals surface area (Å²) in [4.78, 5) is 12.2. The minimum absolute atomic E-state index is 0.00694. The van der Waals surface area contributed by atoms with Crippen LogP contribution in [0.25, 0.3) is 0 Å². The largest absolute Gasteiger partial charge is 0.480 e. The molecule has 0 fully saturated rings. The molecule has 0 aromatic rings. The molecule has 0 saturated carbocycles. The highest BCUT2D eigenvalue weighted by Crippen LogP contribution is 1.99. The second-order valence-electron chi connectivity index (χ2n) is 4.15. The van der Waals surface area contributed by atoms with E-state index in [9.17, 15) is 13.2 Å². The van der Waals surface area contributed by atoms with Crippen LogP contribution in [0.4, 0.5) is 0 Å². The van der Waals surface area contributed by atoms with Crippen molar-refractivity contribution in [2.75, 3.05) is 31.6 Å². The van der Waals surface area contributed by atoms with Crippen LogP contribution < -0.4 is 0 Å². The number of rotatable bonds is 7. The number of sulfone groups is 1. The highest BCUT2D eigenvalue weighted by molar-refractivity contribution is 7.90. The molecule has 0 aliphatic rings. The molecule has 0 aliphatic carbocycles. The Kier molecular flexibility index (Phi) is 5.82. The van der Waals surface area contributed by atoms with Gasteiger partial charge < -0.3 is 5.11 Å². The number of hydrogen-bond acceptors (Lipinski definition) is 4. The molecular formula is C9H19NO4S. The number of carboxylic acids is 1. The molecule has 0 rings (SSSR count). The van der Waals surface area contributed by atoms with Gasteiger partial charge in [-0.15, -0.1) is 0 Å². The summed E-state index contributed by atoms with van der Waals surface area (Å²) in [6.45, 7) is 4.71. The van der Waals surface area contributed by atoms with Crippen LogP contribution in [0.3, 0.4) is 0 Å². The van der Waals surface area contributed by atoms with Gasteiger partial charge >= 0.3 is 5.97 Å². The molecule has 0 aliphatic heterocycles. The zero-order chi connectivity index (χ0) is 12.1. The fourth-order valence-electron chi connectivity index (χ4n) is 1.24. The average Bonchev–Trinajstić information content (AvgIpc) is 1.96. The van der Waals surface area contributed by atoms with E-state index < -0.39 is 15.8 Å². The molecule has 1 N–H and O–H groups in total. The Balaban J connectivity index is 4.18. The molecule has 0 unspecified atom stereocenters. The van der Waals surface area contributed by atoms with Crippen LogP contribution in [0.2, 0.25) is 0 Å². The van der Waals surface area contributed by atoms with Crippen LogP contribution in [-0.4, -0.2) is 56.0 Å². The summed E-state index contributed by atoms with van der Waals surface area (Å²) in [5, 5.41) is 8.64. The maximum absolute atomic E-state index is 10.9. The molecule has 0 spiro atoms. The zero-order valence-electron chi connectivity index (χ0n) is 9.43. The molecule has 0 heterocycles. The monoisotopic (exact) mass is 237 g/mol. The van der Waals surface area contributed by atoms with Crippen LogP contribution in [-0.2, 0) is 14.6 Å². The molecule has 0 radical (unpaired) electrons. The van der Waals surface area contributed by atoms with Crippen LogP contribution in [0.5, 0.6) is 0 Å². The third-order valence-corrected chi connectivity index (χ3v) is 2.68. The molecular weight excluding hydrogens is 218 g/mol. The van der Waals surface area contributed by atoms with Gasteiger partial charge in [0.2, 0.25) is 0 Å². The Hall–Kier alpha value is -0.620.